The van der Waals surface area contributed by atoms with Gasteiger partial charge in [-0.3, -0.25) is 14.9 Å². The topological polar surface area (TPSA) is 98.3 Å². The lowest BCUT2D eigenvalue weighted by Crippen LogP contribution is -2.35. The summed E-state index contributed by atoms with van der Waals surface area (Å²) in [4.78, 5) is 21.6. The first-order valence-electron chi connectivity index (χ1n) is 5.85. The monoisotopic (exact) mass is 287 g/mol. The summed E-state index contributed by atoms with van der Waals surface area (Å²) >= 11 is 0. The van der Waals surface area contributed by atoms with E-state index in [1.165, 1.54) is 24.3 Å². The van der Waals surface area contributed by atoms with Gasteiger partial charge in [-0.1, -0.05) is 19.8 Å². The third-order valence-corrected chi connectivity index (χ3v) is 2.55. The number of carbonyl (C=O) groups excluding carboxylic acids is 1. The van der Waals surface area contributed by atoms with E-state index in [1.54, 1.807) is 0 Å². The number of unbranched alkanes of at least 4 members (excludes halogenated alkanes) is 1. The SMILES string of the molecule is CCCC[C@H](N)C(=O)Nc1ccc([N+](=O)[O-])cc1.Cl. The first-order valence-corrected chi connectivity index (χ1v) is 5.85. The highest BCUT2D eigenvalue weighted by molar-refractivity contribution is 5.94. The van der Waals surface area contributed by atoms with Crippen LogP contribution in [0.2, 0.25) is 0 Å². The normalized spacial score (nSPS) is 11.3. The van der Waals surface area contributed by atoms with E-state index in [0.717, 1.165) is 12.8 Å². The van der Waals surface area contributed by atoms with E-state index in [4.69, 9.17) is 5.73 Å². The van der Waals surface area contributed by atoms with Crippen molar-refractivity contribution in [2.24, 2.45) is 5.73 Å². The number of nitro benzene ring substituents is 1. The fraction of sp³-hybridized carbons (Fsp3) is 0.417. The van der Waals surface area contributed by atoms with Crippen molar-refractivity contribution in [3.63, 3.8) is 0 Å². The number of non-ortho nitro benzene ring substituents is 1. The second kappa shape index (κ2) is 8.44. The van der Waals surface area contributed by atoms with E-state index in [-0.39, 0.29) is 24.0 Å². The van der Waals surface area contributed by atoms with Crippen molar-refractivity contribution in [2.45, 2.75) is 32.2 Å². The van der Waals surface area contributed by atoms with Gasteiger partial charge in [0, 0.05) is 17.8 Å². The lowest BCUT2D eigenvalue weighted by Gasteiger charge is -2.11. The number of nitrogens with two attached hydrogens (primary N) is 1. The molecule has 106 valence electrons. The predicted octanol–water partition coefficient (Wildman–Crippen LogP) is 2.47. The number of carbonyl (C=O) groups is 1. The smallest absolute Gasteiger partial charge is 0.269 e. The number of nitrogens with zero attached hydrogens (tertiary/aromatic N) is 1. The molecule has 0 spiro atoms. The van der Waals surface area contributed by atoms with Gasteiger partial charge in [0.25, 0.3) is 5.69 Å². The van der Waals surface area contributed by atoms with E-state index < -0.39 is 11.0 Å². The summed E-state index contributed by atoms with van der Waals surface area (Å²) < 4.78 is 0. The van der Waals surface area contributed by atoms with Gasteiger partial charge in [0.2, 0.25) is 5.91 Å². The molecule has 0 aromatic heterocycles. The largest absolute Gasteiger partial charge is 0.325 e. The molecule has 0 saturated heterocycles. The molecule has 0 saturated carbocycles. The molecule has 0 radical (unpaired) electrons. The van der Waals surface area contributed by atoms with Crippen LogP contribution >= 0.6 is 12.4 Å². The quantitative estimate of drug-likeness (QED) is 0.620. The number of nitro groups is 1. The standard InChI is InChI=1S/C12H17N3O3.ClH/c1-2-3-4-11(13)12(16)14-9-5-7-10(8-6-9)15(17)18;/h5-8,11H,2-4,13H2,1H3,(H,14,16);1H/t11-;/m0./s1. The Bertz CT molecular complexity index is 423. The number of anilines is 1. The van der Waals surface area contributed by atoms with Crippen LogP contribution in [0.1, 0.15) is 26.2 Å². The van der Waals surface area contributed by atoms with Crippen LogP contribution in [0.25, 0.3) is 0 Å². The van der Waals surface area contributed by atoms with Crippen molar-refractivity contribution in [3.05, 3.63) is 34.4 Å². The third kappa shape index (κ3) is 5.67. The van der Waals surface area contributed by atoms with E-state index >= 15 is 0 Å². The maximum Gasteiger partial charge on any atom is 0.269 e. The number of amides is 1. The van der Waals surface area contributed by atoms with E-state index in [9.17, 15) is 14.9 Å². The number of hydrogen-bond donors (Lipinski definition) is 2. The van der Waals surface area contributed by atoms with Crippen molar-refractivity contribution < 1.29 is 9.72 Å². The zero-order valence-corrected chi connectivity index (χ0v) is 11.5. The fourth-order valence-corrected chi connectivity index (χ4v) is 1.46. The highest BCUT2D eigenvalue weighted by atomic mass is 35.5. The van der Waals surface area contributed by atoms with Gasteiger partial charge < -0.3 is 11.1 Å². The molecular weight excluding hydrogens is 270 g/mol. The van der Waals surface area contributed by atoms with Gasteiger partial charge >= 0.3 is 0 Å². The van der Waals surface area contributed by atoms with Crippen molar-refractivity contribution >= 4 is 29.7 Å². The van der Waals surface area contributed by atoms with Crippen molar-refractivity contribution in [2.75, 3.05) is 5.32 Å². The number of rotatable bonds is 6. The molecule has 1 aromatic carbocycles. The Morgan fingerprint density at radius 3 is 2.47 bits per heavy atom. The molecule has 0 fully saturated rings. The third-order valence-electron chi connectivity index (χ3n) is 2.55. The molecule has 7 heteroatoms. The van der Waals surface area contributed by atoms with Crippen LogP contribution in [0.5, 0.6) is 0 Å². The molecule has 19 heavy (non-hydrogen) atoms. The summed E-state index contributed by atoms with van der Waals surface area (Å²) in [5, 5.41) is 13.1. The first-order chi connectivity index (χ1) is 8.54. The molecule has 1 atom stereocenters. The molecule has 0 heterocycles. The second-order valence-electron chi connectivity index (χ2n) is 4.04. The molecule has 0 bridgehead atoms. The molecule has 3 N–H and O–H groups in total. The van der Waals surface area contributed by atoms with Crippen LogP contribution in [0.3, 0.4) is 0 Å². The van der Waals surface area contributed by atoms with Gasteiger partial charge in [0.1, 0.15) is 0 Å². The number of halogens is 1. The maximum absolute atomic E-state index is 11.7. The van der Waals surface area contributed by atoms with Crippen molar-refractivity contribution in [1.82, 2.24) is 0 Å². The average Bonchev–Trinajstić information content (AvgIpc) is 2.36. The fourth-order valence-electron chi connectivity index (χ4n) is 1.46. The number of nitrogens with one attached hydrogen (secondary N) is 1. The van der Waals surface area contributed by atoms with Crippen LogP contribution in [0.4, 0.5) is 11.4 Å². The number of benzene rings is 1. The molecule has 1 rings (SSSR count). The number of hydrogen-bond acceptors (Lipinski definition) is 4. The van der Waals surface area contributed by atoms with Gasteiger partial charge in [-0.2, -0.15) is 0 Å². The molecule has 0 unspecified atom stereocenters. The zero-order chi connectivity index (χ0) is 13.5. The van der Waals surface area contributed by atoms with Crippen LogP contribution in [-0.2, 0) is 4.79 Å². The Hall–Kier alpha value is -1.66. The minimum atomic E-state index is -0.542. The Morgan fingerprint density at radius 1 is 1.42 bits per heavy atom. The molecule has 6 nitrogen and oxygen atoms in total. The van der Waals surface area contributed by atoms with E-state index in [2.05, 4.69) is 5.32 Å². The zero-order valence-electron chi connectivity index (χ0n) is 10.7. The summed E-state index contributed by atoms with van der Waals surface area (Å²) in [6.45, 7) is 2.03. The summed E-state index contributed by atoms with van der Waals surface area (Å²) in [5.74, 6) is -0.266. The van der Waals surface area contributed by atoms with Crippen LogP contribution < -0.4 is 11.1 Å². The molecule has 1 amide bonds. The Labute approximate surface area is 117 Å². The van der Waals surface area contributed by atoms with Gasteiger partial charge in [-0.25, -0.2) is 0 Å². The van der Waals surface area contributed by atoms with E-state index in [1.807, 2.05) is 6.92 Å². The predicted molar refractivity (Wildman–Crippen MR) is 76.5 cm³/mol. The highest BCUT2D eigenvalue weighted by Gasteiger charge is 2.13. The summed E-state index contributed by atoms with van der Waals surface area (Å²) in [6, 6.07) is 5.12. The van der Waals surface area contributed by atoms with Gasteiger partial charge in [-0.05, 0) is 18.6 Å². The van der Waals surface area contributed by atoms with E-state index in [0.29, 0.717) is 12.1 Å². The lowest BCUT2D eigenvalue weighted by atomic mass is 10.1. The van der Waals surface area contributed by atoms with Gasteiger partial charge in [0.05, 0.1) is 11.0 Å². The average molecular weight is 288 g/mol. The minimum Gasteiger partial charge on any atom is -0.325 e. The highest BCUT2D eigenvalue weighted by Crippen LogP contribution is 2.15. The Kier molecular flexibility index (Phi) is 7.71. The minimum absolute atomic E-state index is 0. The molecule has 0 aliphatic heterocycles. The Morgan fingerprint density at radius 2 is 2.00 bits per heavy atom. The first kappa shape index (κ1) is 17.3. The van der Waals surface area contributed by atoms with Gasteiger partial charge in [0.15, 0.2) is 0 Å². The molecule has 1 aromatic rings. The van der Waals surface area contributed by atoms with Gasteiger partial charge in [-0.15, -0.1) is 12.4 Å². The second-order valence-corrected chi connectivity index (χ2v) is 4.04. The maximum atomic E-state index is 11.7. The van der Waals surface area contributed by atoms with Crippen molar-refractivity contribution in [1.29, 1.82) is 0 Å². The van der Waals surface area contributed by atoms with Crippen molar-refractivity contribution in [3.8, 4) is 0 Å². The molecular formula is C12H18ClN3O3. The molecule has 0 aliphatic rings. The lowest BCUT2D eigenvalue weighted by molar-refractivity contribution is -0.384. The molecule has 0 aliphatic carbocycles. The van der Waals surface area contributed by atoms with Crippen LogP contribution in [-0.4, -0.2) is 16.9 Å². The summed E-state index contributed by atoms with van der Waals surface area (Å²) in [6.07, 6.45) is 2.52. The van der Waals surface area contributed by atoms with Crippen LogP contribution in [0.15, 0.2) is 24.3 Å². The Balaban J connectivity index is 0.00000324. The summed E-state index contributed by atoms with van der Waals surface area (Å²) in [7, 11) is 0. The van der Waals surface area contributed by atoms with Crippen LogP contribution in [0, 0.1) is 10.1 Å². The summed E-state index contributed by atoms with van der Waals surface area (Å²) in [5.41, 5.74) is 6.21.